The highest BCUT2D eigenvalue weighted by molar-refractivity contribution is 6.34. The Morgan fingerprint density at radius 2 is 1.82 bits per heavy atom. The number of carbonyl (C=O) groups is 2. The first kappa shape index (κ1) is 27.6. The molecule has 3 N–H and O–H groups in total. The first-order valence-electron chi connectivity index (χ1n) is 11.2. The van der Waals surface area contributed by atoms with Crippen molar-refractivity contribution in [1.29, 1.82) is 0 Å². The minimum absolute atomic E-state index is 0. The Labute approximate surface area is 205 Å². The second-order valence-electron chi connectivity index (χ2n) is 10.2. The number of carboxylic acids is 1. The third-order valence-electron chi connectivity index (χ3n) is 5.25. The number of aliphatic carboxylic acids is 1. The summed E-state index contributed by atoms with van der Waals surface area (Å²) in [7, 11) is 0. The molecule has 1 aliphatic rings. The molecule has 1 saturated heterocycles. The SMILES string of the molecule is CC(C)(C)N.C[C@H](Oc1ccc(F)cc1-c1ccc(C(=O)N2CCCC2(C)C)c(Cl)c1)C(=O)O. The summed E-state index contributed by atoms with van der Waals surface area (Å²) < 4.78 is 19.3. The topological polar surface area (TPSA) is 92.9 Å². The molecule has 2 aromatic carbocycles. The number of rotatable bonds is 5. The van der Waals surface area contributed by atoms with Crippen LogP contribution in [0.15, 0.2) is 36.4 Å². The number of likely N-dealkylation sites (tertiary alicyclic amines) is 1. The van der Waals surface area contributed by atoms with Crippen LogP contribution in [-0.2, 0) is 4.79 Å². The standard InChI is InChI=1S/C22H23ClFNO4.C4H11N/c1-13(21(27)28)29-19-8-6-15(24)12-17(19)14-5-7-16(18(23)11-14)20(26)25-10-4-9-22(25,2)3;1-4(2,3)5/h5-8,11-13H,4,9-10H2,1-3H3,(H,27,28);5H2,1-3H3/t13-;/m0./s1. The summed E-state index contributed by atoms with van der Waals surface area (Å²) in [4.78, 5) is 25.9. The van der Waals surface area contributed by atoms with Crippen molar-refractivity contribution >= 4 is 23.5 Å². The minimum Gasteiger partial charge on any atom is -0.479 e. The van der Waals surface area contributed by atoms with Crippen LogP contribution in [0.1, 0.15) is 64.7 Å². The van der Waals surface area contributed by atoms with Crippen LogP contribution in [0.3, 0.4) is 0 Å². The van der Waals surface area contributed by atoms with Crippen molar-refractivity contribution in [2.45, 2.75) is 71.6 Å². The van der Waals surface area contributed by atoms with Gasteiger partial charge in [0.05, 0.1) is 10.6 Å². The molecule has 0 bridgehead atoms. The maximum absolute atomic E-state index is 13.9. The summed E-state index contributed by atoms with van der Waals surface area (Å²) in [6.07, 6.45) is 0.772. The molecule has 1 atom stereocenters. The van der Waals surface area contributed by atoms with Gasteiger partial charge in [-0.25, -0.2) is 9.18 Å². The number of halogens is 2. The van der Waals surface area contributed by atoms with Gasteiger partial charge in [0.1, 0.15) is 11.6 Å². The van der Waals surface area contributed by atoms with Crippen LogP contribution in [0.5, 0.6) is 5.75 Å². The van der Waals surface area contributed by atoms with E-state index in [0.717, 1.165) is 12.8 Å². The smallest absolute Gasteiger partial charge is 0.344 e. The predicted molar refractivity (Wildman–Crippen MR) is 133 cm³/mol. The molecule has 1 aliphatic heterocycles. The molecule has 1 heterocycles. The van der Waals surface area contributed by atoms with Crippen LogP contribution in [0.4, 0.5) is 4.39 Å². The molecule has 0 aliphatic carbocycles. The molecule has 0 unspecified atom stereocenters. The Kier molecular flexibility index (Phi) is 8.72. The maximum atomic E-state index is 13.9. The average molecular weight is 493 g/mol. The van der Waals surface area contributed by atoms with Crippen LogP contribution in [0.25, 0.3) is 11.1 Å². The van der Waals surface area contributed by atoms with E-state index < -0.39 is 17.9 Å². The minimum atomic E-state index is -1.13. The number of benzene rings is 2. The Bertz CT molecular complexity index is 1040. The van der Waals surface area contributed by atoms with Gasteiger partial charge in [0.2, 0.25) is 0 Å². The fourth-order valence-corrected chi connectivity index (χ4v) is 3.82. The van der Waals surface area contributed by atoms with Crippen molar-refractivity contribution < 1.29 is 23.8 Å². The normalized spacial score (nSPS) is 15.9. The predicted octanol–water partition coefficient (Wildman–Crippen LogP) is 5.76. The number of hydrogen-bond donors (Lipinski definition) is 2. The zero-order valence-electron chi connectivity index (χ0n) is 20.6. The number of ether oxygens (including phenoxy) is 1. The lowest BCUT2D eigenvalue weighted by Gasteiger charge is -2.32. The van der Waals surface area contributed by atoms with Crippen molar-refractivity contribution in [2.24, 2.45) is 5.73 Å². The zero-order chi connectivity index (χ0) is 25.8. The summed E-state index contributed by atoms with van der Waals surface area (Å²) in [5.41, 5.74) is 6.39. The first-order chi connectivity index (χ1) is 15.6. The molecule has 6 nitrogen and oxygen atoms in total. The molecule has 186 valence electrons. The monoisotopic (exact) mass is 492 g/mol. The highest BCUT2D eigenvalue weighted by atomic mass is 35.5. The van der Waals surface area contributed by atoms with Crippen molar-refractivity contribution in [2.75, 3.05) is 6.54 Å². The van der Waals surface area contributed by atoms with Gasteiger partial charge < -0.3 is 20.5 Å². The molecule has 8 heteroatoms. The van der Waals surface area contributed by atoms with Crippen LogP contribution >= 0.6 is 11.6 Å². The Hall–Kier alpha value is -2.64. The van der Waals surface area contributed by atoms with Crippen molar-refractivity contribution in [3.05, 3.63) is 52.8 Å². The van der Waals surface area contributed by atoms with Crippen molar-refractivity contribution in [3.63, 3.8) is 0 Å². The Morgan fingerprint density at radius 3 is 2.32 bits per heavy atom. The highest BCUT2D eigenvalue weighted by Crippen LogP contribution is 2.36. The molecule has 2 aromatic rings. The Morgan fingerprint density at radius 1 is 1.21 bits per heavy atom. The van der Waals surface area contributed by atoms with E-state index in [0.29, 0.717) is 23.2 Å². The van der Waals surface area contributed by atoms with Gasteiger partial charge in [-0.05, 0) is 90.3 Å². The van der Waals surface area contributed by atoms with Crippen molar-refractivity contribution in [1.82, 2.24) is 4.90 Å². The van der Waals surface area contributed by atoms with E-state index in [1.54, 1.807) is 18.2 Å². The van der Waals surface area contributed by atoms with E-state index in [1.807, 2.05) is 39.5 Å². The molecular weight excluding hydrogens is 459 g/mol. The van der Waals surface area contributed by atoms with Gasteiger partial charge in [-0.2, -0.15) is 0 Å². The van der Waals surface area contributed by atoms with Crippen LogP contribution in [0, 0.1) is 5.82 Å². The fourth-order valence-electron chi connectivity index (χ4n) is 3.56. The lowest BCUT2D eigenvalue weighted by molar-refractivity contribution is -0.144. The van der Waals surface area contributed by atoms with Gasteiger partial charge in [0.25, 0.3) is 5.91 Å². The molecule has 0 radical (unpaired) electrons. The molecule has 1 amide bonds. The van der Waals surface area contributed by atoms with Gasteiger partial charge in [-0.3, -0.25) is 4.79 Å². The third kappa shape index (κ3) is 7.43. The molecule has 0 saturated carbocycles. The van der Waals surface area contributed by atoms with Gasteiger partial charge in [-0.15, -0.1) is 0 Å². The lowest BCUT2D eigenvalue weighted by atomic mass is 9.99. The fraction of sp³-hybridized carbons (Fsp3) is 0.462. The van der Waals surface area contributed by atoms with E-state index >= 15 is 0 Å². The van der Waals surface area contributed by atoms with E-state index in [4.69, 9.17) is 27.2 Å². The van der Waals surface area contributed by atoms with E-state index in [1.165, 1.54) is 25.1 Å². The largest absolute Gasteiger partial charge is 0.479 e. The van der Waals surface area contributed by atoms with E-state index in [2.05, 4.69) is 0 Å². The molecule has 0 aromatic heterocycles. The van der Waals surface area contributed by atoms with Crippen LogP contribution < -0.4 is 10.5 Å². The van der Waals surface area contributed by atoms with E-state index in [9.17, 15) is 14.0 Å². The van der Waals surface area contributed by atoms with Gasteiger partial charge in [0.15, 0.2) is 6.10 Å². The quantitative estimate of drug-likeness (QED) is 0.553. The molecule has 3 rings (SSSR count). The summed E-state index contributed by atoms with van der Waals surface area (Å²) in [5.74, 6) is -1.55. The van der Waals surface area contributed by atoms with Gasteiger partial charge >= 0.3 is 5.97 Å². The lowest BCUT2D eigenvalue weighted by Crippen LogP contribution is -2.42. The molecule has 0 spiro atoms. The molecule has 1 fully saturated rings. The van der Waals surface area contributed by atoms with Gasteiger partial charge in [0, 0.05) is 23.2 Å². The number of amides is 1. The Balaban J connectivity index is 0.000000739. The first-order valence-corrected chi connectivity index (χ1v) is 11.6. The number of nitrogens with zero attached hydrogens (tertiary/aromatic N) is 1. The third-order valence-corrected chi connectivity index (χ3v) is 5.56. The van der Waals surface area contributed by atoms with Crippen molar-refractivity contribution in [3.8, 4) is 16.9 Å². The number of carboxylic acid groups (broad SMARTS) is 1. The summed E-state index contributed by atoms with van der Waals surface area (Å²) in [5, 5.41) is 9.33. The summed E-state index contributed by atoms with van der Waals surface area (Å²) in [6, 6.07) is 8.68. The maximum Gasteiger partial charge on any atom is 0.344 e. The molecule has 34 heavy (non-hydrogen) atoms. The van der Waals surface area contributed by atoms with E-state index in [-0.39, 0.29) is 27.8 Å². The number of carbonyl (C=O) groups excluding carboxylic acids is 1. The summed E-state index contributed by atoms with van der Waals surface area (Å²) >= 11 is 6.42. The van der Waals surface area contributed by atoms with Crippen LogP contribution in [-0.4, -0.2) is 45.6 Å². The number of nitrogens with two attached hydrogens (primary N) is 1. The second-order valence-corrected chi connectivity index (χ2v) is 10.6. The second kappa shape index (κ2) is 10.7. The zero-order valence-corrected chi connectivity index (χ0v) is 21.4. The molecular formula is C26H34ClFN2O4. The van der Waals surface area contributed by atoms with Crippen LogP contribution in [0.2, 0.25) is 5.02 Å². The van der Waals surface area contributed by atoms with Gasteiger partial charge in [-0.1, -0.05) is 17.7 Å². The number of hydrogen-bond acceptors (Lipinski definition) is 4. The summed E-state index contributed by atoms with van der Waals surface area (Å²) in [6.45, 7) is 12.0. The highest BCUT2D eigenvalue weighted by Gasteiger charge is 2.36. The average Bonchev–Trinajstić information content (AvgIpc) is 3.06.